The number of piperidine rings is 1. The fourth-order valence-electron chi connectivity index (χ4n) is 6.58. The van der Waals surface area contributed by atoms with Crippen LogP contribution in [0.1, 0.15) is 92.9 Å². The Kier molecular flexibility index (Phi) is 9.78. The maximum atomic E-state index is 14.0. The zero-order valence-corrected chi connectivity index (χ0v) is 24.9. The quantitative estimate of drug-likeness (QED) is 0.195. The second kappa shape index (κ2) is 12.4. The number of fused-ring (bicyclic) bond motifs is 1. The van der Waals surface area contributed by atoms with Gasteiger partial charge in [-0.3, -0.25) is 28.8 Å². The molecule has 3 fully saturated rings. The maximum Gasteiger partial charge on any atom is 0.307 e. The summed E-state index contributed by atoms with van der Waals surface area (Å²) >= 11 is 0. The molecule has 9 heteroatoms. The van der Waals surface area contributed by atoms with Crippen molar-refractivity contribution in [2.75, 3.05) is 6.54 Å². The molecule has 0 aromatic heterocycles. The van der Waals surface area contributed by atoms with Gasteiger partial charge in [0.25, 0.3) is 5.91 Å². The monoisotopic (exact) mass is 558 g/mol. The van der Waals surface area contributed by atoms with Gasteiger partial charge in [0.05, 0.1) is 12.5 Å². The Labute approximate surface area is 237 Å². The van der Waals surface area contributed by atoms with Gasteiger partial charge in [0, 0.05) is 31.2 Å². The van der Waals surface area contributed by atoms with Crippen LogP contribution in [0.25, 0.3) is 0 Å². The molecule has 2 amide bonds. The molecule has 1 heterocycles. The van der Waals surface area contributed by atoms with Crippen LogP contribution in [0.2, 0.25) is 0 Å². The van der Waals surface area contributed by atoms with Crippen molar-refractivity contribution in [2.24, 2.45) is 40.7 Å². The molecule has 0 radical (unpaired) electrons. The van der Waals surface area contributed by atoms with Crippen molar-refractivity contribution in [3.63, 3.8) is 0 Å². The third kappa shape index (κ3) is 7.46. The lowest BCUT2D eigenvalue weighted by Gasteiger charge is -2.34. The van der Waals surface area contributed by atoms with E-state index in [1.54, 1.807) is 38.7 Å². The number of carbonyl (C=O) groups is 6. The van der Waals surface area contributed by atoms with Gasteiger partial charge in [0.2, 0.25) is 11.7 Å². The number of esters is 1. The minimum Gasteiger partial charge on any atom is -0.460 e. The first kappa shape index (κ1) is 31.7. The molecule has 2 N–H and O–H groups in total. The molecule has 0 bridgehead atoms. The summed E-state index contributed by atoms with van der Waals surface area (Å²) in [6.45, 7) is 11.5. The van der Waals surface area contributed by atoms with Crippen LogP contribution in [0.15, 0.2) is 12.2 Å². The van der Waals surface area contributed by atoms with Crippen molar-refractivity contribution in [3.8, 4) is 0 Å². The predicted molar refractivity (Wildman–Crippen MR) is 149 cm³/mol. The van der Waals surface area contributed by atoms with E-state index in [-0.39, 0.29) is 60.4 Å². The molecule has 1 aliphatic heterocycles. The van der Waals surface area contributed by atoms with Crippen LogP contribution >= 0.6 is 0 Å². The number of hydrogen-bond donors (Lipinski definition) is 1. The van der Waals surface area contributed by atoms with Crippen LogP contribution < -0.4 is 5.73 Å². The lowest BCUT2D eigenvalue weighted by molar-refractivity contribution is -0.159. The van der Waals surface area contributed by atoms with Crippen LogP contribution in [-0.4, -0.2) is 58.2 Å². The van der Waals surface area contributed by atoms with Crippen LogP contribution in [0.4, 0.5) is 0 Å². The standard InChI is InChI=1S/C31H46N2O7/c1-7-9-21(34)13-12-19(16-24(36)40-30(2,3)4)29(39)33-17-22-25(31(22,5)6)26(33)23(35)15-20(27(37)28(32)38)14-18-10-8-11-18/h7,9,18-20,22,25-26H,8,10-17H2,1-6H3,(H2,32,38)/b9-7+/t19-,20?,22+,25+,26-/m1/s1. The van der Waals surface area contributed by atoms with E-state index in [1.807, 2.05) is 0 Å². The van der Waals surface area contributed by atoms with E-state index in [0.29, 0.717) is 18.9 Å². The minimum atomic E-state index is -1.04. The number of Topliss-reactive ketones (excluding diaryl/α,β-unsaturated/α-hetero) is 2. The number of ketones is 3. The molecule has 0 aromatic rings. The van der Waals surface area contributed by atoms with E-state index in [1.165, 1.54) is 6.08 Å². The average Bonchev–Trinajstić information content (AvgIpc) is 3.14. The molecule has 1 unspecified atom stereocenters. The smallest absolute Gasteiger partial charge is 0.307 e. The van der Waals surface area contributed by atoms with Crippen LogP contribution in [0.3, 0.4) is 0 Å². The molecule has 0 aromatic carbocycles. The van der Waals surface area contributed by atoms with Crippen LogP contribution in [-0.2, 0) is 33.5 Å². The highest BCUT2D eigenvalue weighted by atomic mass is 16.6. The Morgan fingerprint density at radius 1 is 1.05 bits per heavy atom. The van der Waals surface area contributed by atoms with Gasteiger partial charge in [0.1, 0.15) is 5.60 Å². The van der Waals surface area contributed by atoms with Crippen molar-refractivity contribution in [3.05, 3.63) is 12.2 Å². The molecular formula is C31H46N2O7. The third-order valence-corrected chi connectivity index (χ3v) is 9.00. The van der Waals surface area contributed by atoms with E-state index < -0.39 is 41.1 Å². The molecule has 0 spiro atoms. The number of nitrogens with two attached hydrogens (primary N) is 1. The Hall–Kier alpha value is -2.84. The van der Waals surface area contributed by atoms with Gasteiger partial charge in [-0.15, -0.1) is 0 Å². The summed E-state index contributed by atoms with van der Waals surface area (Å²) in [5.74, 6) is -4.31. The fourth-order valence-corrected chi connectivity index (χ4v) is 6.58. The highest BCUT2D eigenvalue weighted by Gasteiger charge is 2.69. The number of allylic oxidation sites excluding steroid dienone is 2. The summed E-state index contributed by atoms with van der Waals surface area (Å²) in [5, 5.41) is 0. The lowest BCUT2D eigenvalue weighted by atomic mass is 9.76. The Morgan fingerprint density at radius 3 is 2.23 bits per heavy atom. The number of likely N-dealkylation sites (tertiary alicyclic amines) is 1. The number of nitrogens with zero attached hydrogens (tertiary/aromatic N) is 1. The number of ether oxygens (including phenoxy) is 1. The van der Waals surface area contributed by atoms with E-state index in [0.717, 1.165) is 19.3 Å². The third-order valence-electron chi connectivity index (χ3n) is 9.00. The highest BCUT2D eigenvalue weighted by molar-refractivity contribution is 6.36. The summed E-state index contributed by atoms with van der Waals surface area (Å²) in [6, 6.07) is -0.746. The molecular weight excluding hydrogens is 512 g/mol. The van der Waals surface area contributed by atoms with Crippen molar-refractivity contribution >= 4 is 35.1 Å². The second-order valence-electron chi connectivity index (χ2n) is 13.5. The van der Waals surface area contributed by atoms with Crippen LogP contribution in [0.5, 0.6) is 0 Å². The van der Waals surface area contributed by atoms with Gasteiger partial charge < -0.3 is 15.4 Å². The first-order valence-electron chi connectivity index (χ1n) is 14.6. The van der Waals surface area contributed by atoms with Gasteiger partial charge in [-0.1, -0.05) is 39.2 Å². The Balaban J connectivity index is 1.82. The van der Waals surface area contributed by atoms with Crippen molar-refractivity contribution in [1.29, 1.82) is 0 Å². The largest absolute Gasteiger partial charge is 0.460 e. The summed E-state index contributed by atoms with van der Waals surface area (Å²) in [5.41, 5.74) is 4.45. The zero-order chi connectivity index (χ0) is 30.0. The number of rotatable bonds is 14. The molecule has 9 nitrogen and oxygen atoms in total. The second-order valence-corrected chi connectivity index (χ2v) is 13.5. The summed E-state index contributed by atoms with van der Waals surface area (Å²) < 4.78 is 5.47. The SMILES string of the molecule is C/C=C/C(=O)CC[C@H](CC(=O)OC(C)(C)C)C(=O)N1C[C@H]2[C@@H]([C@H]1C(=O)CC(CC1CCC1)C(=O)C(N)=O)C2(C)C. The van der Waals surface area contributed by atoms with E-state index in [2.05, 4.69) is 13.8 Å². The number of primary amides is 1. The van der Waals surface area contributed by atoms with Gasteiger partial charge in [-0.25, -0.2) is 0 Å². The molecule has 2 saturated carbocycles. The first-order valence-corrected chi connectivity index (χ1v) is 14.6. The molecule has 3 aliphatic rings. The maximum absolute atomic E-state index is 14.0. The molecule has 5 atom stereocenters. The number of carbonyl (C=O) groups excluding carboxylic acids is 6. The van der Waals surface area contributed by atoms with Gasteiger partial charge in [-0.2, -0.15) is 0 Å². The summed E-state index contributed by atoms with van der Waals surface area (Å²) in [7, 11) is 0. The number of hydrogen-bond acceptors (Lipinski definition) is 7. The van der Waals surface area contributed by atoms with Gasteiger partial charge in [-0.05, 0) is 69.8 Å². The average molecular weight is 559 g/mol. The normalized spacial score (nSPS) is 25.1. The van der Waals surface area contributed by atoms with Gasteiger partial charge >= 0.3 is 5.97 Å². The molecule has 1 saturated heterocycles. The lowest BCUT2D eigenvalue weighted by Crippen LogP contribution is -2.49. The molecule has 222 valence electrons. The van der Waals surface area contributed by atoms with Gasteiger partial charge in [0.15, 0.2) is 11.6 Å². The van der Waals surface area contributed by atoms with Crippen molar-refractivity contribution in [2.45, 2.75) is 105 Å². The molecule has 3 rings (SSSR count). The van der Waals surface area contributed by atoms with Crippen molar-refractivity contribution < 1.29 is 33.5 Å². The molecule has 2 aliphatic carbocycles. The van der Waals surface area contributed by atoms with Crippen LogP contribution in [0, 0.1) is 35.0 Å². The van der Waals surface area contributed by atoms with E-state index in [9.17, 15) is 28.8 Å². The predicted octanol–water partition coefficient (Wildman–Crippen LogP) is 3.56. The zero-order valence-electron chi connectivity index (χ0n) is 24.9. The highest BCUT2D eigenvalue weighted by Crippen LogP contribution is 2.65. The van der Waals surface area contributed by atoms with Crippen molar-refractivity contribution in [1.82, 2.24) is 4.90 Å². The Bertz CT molecular complexity index is 1070. The number of amides is 2. The Morgan fingerprint density at radius 2 is 1.70 bits per heavy atom. The topological polar surface area (TPSA) is 141 Å². The summed E-state index contributed by atoms with van der Waals surface area (Å²) in [4.78, 5) is 78.7. The minimum absolute atomic E-state index is 0.0659. The first-order chi connectivity index (χ1) is 18.6. The summed E-state index contributed by atoms with van der Waals surface area (Å²) in [6.07, 6.45) is 6.41. The van der Waals surface area contributed by atoms with E-state index in [4.69, 9.17) is 10.5 Å². The fraction of sp³-hybridized carbons (Fsp3) is 0.742. The molecule has 40 heavy (non-hydrogen) atoms. The van der Waals surface area contributed by atoms with E-state index >= 15 is 0 Å².